The Bertz CT molecular complexity index is 1900. The smallest absolute Gasteiger partial charge is 0.281 e. The molecule has 3 aromatic rings. The molecule has 0 unspecified atom stereocenters. The second kappa shape index (κ2) is 11.3. The van der Waals surface area contributed by atoms with Crippen molar-refractivity contribution in [1.82, 2.24) is 24.5 Å². The topological polar surface area (TPSA) is 128 Å². The molecular formula is C33H41ClN6O4S. The number of anilines is 1. The Labute approximate surface area is 278 Å². The third-order valence-corrected chi connectivity index (χ3v) is 11.8. The summed E-state index contributed by atoms with van der Waals surface area (Å²) < 4.78 is 82.8. The van der Waals surface area contributed by atoms with Crippen molar-refractivity contribution in [2.45, 2.75) is 82.9 Å². The van der Waals surface area contributed by atoms with Gasteiger partial charge in [-0.15, -0.1) is 5.10 Å². The zero-order chi connectivity index (χ0) is 36.5. The predicted octanol–water partition coefficient (Wildman–Crippen LogP) is 6.41. The van der Waals surface area contributed by atoms with E-state index in [1.165, 1.54) is 54.6 Å². The summed E-state index contributed by atoms with van der Waals surface area (Å²) in [6.07, 6.45) is 10.1. The van der Waals surface area contributed by atoms with Crippen LogP contribution in [0.2, 0.25) is 5.15 Å². The fraction of sp³-hybridized carbons (Fsp3) is 0.576. The van der Waals surface area contributed by atoms with E-state index in [9.17, 15) is 13.2 Å². The molecule has 3 aromatic heterocycles. The van der Waals surface area contributed by atoms with E-state index in [1.807, 2.05) is 4.72 Å². The number of carbonyl (C=O) groups excluding carboxylic acids is 1. The largest absolute Gasteiger partial charge is 0.477 e. The summed E-state index contributed by atoms with van der Waals surface area (Å²) in [6, 6.07) is 8.91. The summed E-state index contributed by atoms with van der Waals surface area (Å²) in [5.74, 6) is 0.805. The predicted molar refractivity (Wildman–Crippen MR) is 171 cm³/mol. The Hall–Kier alpha value is -3.18. The molecule has 45 heavy (non-hydrogen) atoms. The number of hydrogen-bond donors (Lipinski definition) is 2. The number of fused-ring (bicyclic) bond motifs is 1. The number of ether oxygens (including phenoxy) is 1. The number of pyridine rings is 2. The Kier molecular flexibility index (Phi) is 6.02. The summed E-state index contributed by atoms with van der Waals surface area (Å²) in [5, 5.41) is 6.87. The van der Waals surface area contributed by atoms with E-state index < -0.39 is 35.0 Å². The van der Waals surface area contributed by atoms with Crippen LogP contribution in [0.25, 0.3) is 5.82 Å². The van der Waals surface area contributed by atoms with Gasteiger partial charge in [0.2, 0.25) is 5.88 Å². The van der Waals surface area contributed by atoms with Gasteiger partial charge in [0.25, 0.3) is 15.9 Å². The minimum absolute atomic E-state index is 0.0460. The van der Waals surface area contributed by atoms with Crippen molar-refractivity contribution in [3.63, 3.8) is 0 Å². The van der Waals surface area contributed by atoms with Crippen molar-refractivity contribution < 1.29 is 26.2 Å². The van der Waals surface area contributed by atoms with Crippen LogP contribution in [0.5, 0.6) is 5.88 Å². The lowest BCUT2D eigenvalue weighted by molar-refractivity contribution is 0.0981. The molecule has 0 saturated heterocycles. The van der Waals surface area contributed by atoms with Gasteiger partial charge in [-0.1, -0.05) is 31.4 Å². The molecule has 2 N–H and O–H groups in total. The molecular weight excluding hydrogens is 612 g/mol. The summed E-state index contributed by atoms with van der Waals surface area (Å²) in [4.78, 5) is 21.4. The van der Waals surface area contributed by atoms with E-state index in [2.05, 4.69) is 20.4 Å². The van der Waals surface area contributed by atoms with Gasteiger partial charge in [0, 0.05) is 27.0 Å². The van der Waals surface area contributed by atoms with Crippen LogP contribution in [-0.2, 0) is 10.0 Å². The fourth-order valence-electron chi connectivity index (χ4n) is 7.76. The van der Waals surface area contributed by atoms with Gasteiger partial charge in [-0.05, 0) is 117 Å². The van der Waals surface area contributed by atoms with E-state index >= 15 is 0 Å². The fourth-order valence-corrected chi connectivity index (χ4v) is 8.93. The number of amides is 1. The van der Waals surface area contributed by atoms with Crippen LogP contribution in [0.15, 0.2) is 47.6 Å². The van der Waals surface area contributed by atoms with Crippen LogP contribution in [0.4, 0.5) is 5.82 Å². The molecule has 3 heterocycles. The number of aromatic nitrogens is 4. The first-order chi connectivity index (χ1) is 24.0. The van der Waals surface area contributed by atoms with E-state index in [0.717, 1.165) is 12.3 Å². The van der Waals surface area contributed by atoms with Crippen LogP contribution >= 0.6 is 11.6 Å². The molecule has 0 aromatic carbocycles. The highest BCUT2D eigenvalue weighted by atomic mass is 35.5. The zero-order valence-corrected chi connectivity index (χ0v) is 26.5. The Morgan fingerprint density at radius 3 is 2.60 bits per heavy atom. The van der Waals surface area contributed by atoms with Crippen molar-refractivity contribution in [3.8, 4) is 11.7 Å². The van der Waals surface area contributed by atoms with Crippen molar-refractivity contribution in [3.05, 3.63) is 53.3 Å². The van der Waals surface area contributed by atoms with E-state index in [1.54, 1.807) is 18.3 Å². The van der Waals surface area contributed by atoms with E-state index in [0.29, 0.717) is 54.9 Å². The number of sulfonamides is 1. The summed E-state index contributed by atoms with van der Waals surface area (Å²) in [7, 11) is -4.39. The van der Waals surface area contributed by atoms with Gasteiger partial charge in [0.15, 0.2) is 10.8 Å². The summed E-state index contributed by atoms with van der Waals surface area (Å²) in [5.41, 5.74) is -0.580. The molecule has 1 amide bonds. The van der Waals surface area contributed by atoms with Gasteiger partial charge in [-0.25, -0.2) is 19.4 Å². The van der Waals surface area contributed by atoms with Gasteiger partial charge in [0.1, 0.15) is 11.0 Å². The molecule has 0 radical (unpaired) electrons. The average Bonchev–Trinajstić information content (AvgIpc) is 4.00. The summed E-state index contributed by atoms with van der Waals surface area (Å²) in [6.45, 7) is -4.15. The minimum Gasteiger partial charge on any atom is -0.477 e. The van der Waals surface area contributed by atoms with Crippen molar-refractivity contribution in [1.29, 1.82) is 0 Å². The first-order valence-electron chi connectivity index (χ1n) is 18.6. The van der Waals surface area contributed by atoms with Crippen molar-refractivity contribution >= 4 is 33.3 Å². The summed E-state index contributed by atoms with van der Waals surface area (Å²) >= 11 is 6.33. The van der Waals surface area contributed by atoms with Crippen LogP contribution in [0.3, 0.4) is 0 Å². The molecule has 240 valence electrons. The highest BCUT2D eigenvalue weighted by Gasteiger charge is 2.85. The molecule has 10 nitrogen and oxygen atoms in total. The maximum Gasteiger partial charge on any atom is 0.281 e. The van der Waals surface area contributed by atoms with Crippen LogP contribution in [0.1, 0.15) is 96.5 Å². The van der Waals surface area contributed by atoms with Crippen LogP contribution < -0.4 is 14.8 Å². The second-order valence-electron chi connectivity index (χ2n) is 13.2. The van der Waals surface area contributed by atoms with Gasteiger partial charge in [-0.2, -0.15) is 8.42 Å². The first kappa shape index (κ1) is 24.1. The maximum atomic E-state index is 13.1. The van der Waals surface area contributed by atoms with Crippen LogP contribution in [-0.4, -0.2) is 47.2 Å². The molecule has 4 aliphatic carbocycles. The quantitative estimate of drug-likeness (QED) is 0.159. The molecule has 2 spiro atoms. The van der Waals surface area contributed by atoms with Gasteiger partial charge < -0.3 is 10.1 Å². The molecule has 4 saturated carbocycles. The minimum atomic E-state index is -4.39. The molecule has 1 atom stereocenters. The number of hydrogen-bond acceptors (Lipinski definition) is 8. The lowest BCUT2D eigenvalue weighted by Crippen LogP contribution is -2.31. The molecule has 0 aliphatic heterocycles. The van der Waals surface area contributed by atoms with Crippen LogP contribution in [0, 0.1) is 28.1 Å². The Morgan fingerprint density at radius 1 is 1.09 bits per heavy atom. The van der Waals surface area contributed by atoms with Gasteiger partial charge in [0.05, 0.1) is 12.2 Å². The van der Waals surface area contributed by atoms with Crippen molar-refractivity contribution in [2.75, 3.05) is 18.5 Å². The highest BCUT2D eigenvalue weighted by Crippen LogP contribution is 2.93. The van der Waals surface area contributed by atoms with E-state index in [-0.39, 0.29) is 40.3 Å². The Morgan fingerprint density at radius 2 is 1.89 bits per heavy atom. The third kappa shape index (κ3) is 6.05. The normalized spacial score (nSPS) is 24.5. The SMILES string of the molecule is [2H]C([2H])([2H])C1(C([2H])([2H])[2H])CC[C@@H](CCCNc2cccc(S(=O)(=O)NC(=O)c3ccc(-n4ccc(OCCC5C6(CC6)C56CC6)n4)nc3Cl)n2)C1. The molecule has 4 aliphatic rings. The molecule has 7 rings (SSSR count). The number of halogens is 1. The lowest BCUT2D eigenvalue weighted by atomic mass is 9.89. The van der Waals surface area contributed by atoms with Gasteiger partial charge in [-0.3, -0.25) is 4.79 Å². The number of rotatable bonds is 13. The Balaban J connectivity index is 0.895. The standard InChI is InChI=1S/C33H41ClN6O4S/c1-31(2)13-10-22(21-31)5-4-18-35-25-6-3-7-28(36-25)45(42,43)39-30(41)23-8-9-26(37-29(23)34)40-19-11-27(38-40)44-20-12-24-32(14-15-32)33(24)16-17-33/h3,6-9,11,19,22,24H,4-5,10,12-18,20-21H2,1-2H3,(H,35,36)(H,39,41)/t22-/m1/s1/i1D3,2D3. The van der Waals surface area contributed by atoms with Crippen molar-refractivity contribution in [2.24, 2.45) is 28.1 Å². The number of nitrogens with one attached hydrogen (secondary N) is 2. The molecule has 0 bridgehead atoms. The molecule has 4 fully saturated rings. The third-order valence-electron chi connectivity index (χ3n) is 10.3. The maximum absolute atomic E-state index is 13.1. The monoisotopic (exact) mass is 658 g/mol. The average molecular weight is 659 g/mol. The van der Waals surface area contributed by atoms with Gasteiger partial charge >= 0.3 is 0 Å². The molecule has 12 heteroatoms. The number of carbonyl (C=O) groups is 1. The zero-order valence-electron chi connectivity index (χ0n) is 30.9. The second-order valence-corrected chi connectivity index (χ2v) is 15.2. The highest BCUT2D eigenvalue weighted by molar-refractivity contribution is 7.90. The first-order valence-corrected chi connectivity index (χ1v) is 17.5. The lowest BCUT2D eigenvalue weighted by Gasteiger charge is -2.17. The number of nitrogens with zero attached hydrogens (tertiary/aromatic N) is 4. The van der Waals surface area contributed by atoms with E-state index in [4.69, 9.17) is 24.6 Å².